The highest BCUT2D eigenvalue weighted by Crippen LogP contribution is 2.20. The second kappa shape index (κ2) is 8.21. The van der Waals surface area contributed by atoms with Crippen LogP contribution in [0.15, 0.2) is 24.3 Å². The highest BCUT2D eigenvalue weighted by atomic mass is 16.5. The van der Waals surface area contributed by atoms with E-state index >= 15 is 0 Å². The van der Waals surface area contributed by atoms with E-state index in [1.54, 1.807) is 0 Å². The van der Waals surface area contributed by atoms with Crippen LogP contribution in [0.4, 0.5) is 0 Å². The van der Waals surface area contributed by atoms with Crippen molar-refractivity contribution in [1.29, 1.82) is 0 Å². The summed E-state index contributed by atoms with van der Waals surface area (Å²) in [5.41, 5.74) is 1.29. The zero-order valence-electron chi connectivity index (χ0n) is 13.1. The smallest absolute Gasteiger partial charge is 0.120 e. The van der Waals surface area contributed by atoms with Gasteiger partial charge in [-0.3, -0.25) is 0 Å². The van der Waals surface area contributed by atoms with Gasteiger partial charge in [0, 0.05) is 12.1 Å². The van der Waals surface area contributed by atoms with Crippen molar-refractivity contribution in [3.8, 4) is 5.75 Å². The molecule has 2 nitrogen and oxygen atoms in total. The Labute approximate surface area is 118 Å². The Bertz CT molecular complexity index is 362. The first-order chi connectivity index (χ1) is 9.02. The summed E-state index contributed by atoms with van der Waals surface area (Å²) >= 11 is 0. The van der Waals surface area contributed by atoms with Crippen molar-refractivity contribution in [3.05, 3.63) is 29.8 Å². The van der Waals surface area contributed by atoms with Crippen LogP contribution in [-0.4, -0.2) is 12.1 Å². The third-order valence-corrected chi connectivity index (χ3v) is 3.26. The normalized spacial score (nSPS) is 14.4. The highest BCUT2D eigenvalue weighted by Gasteiger charge is 2.10. The molecule has 1 rings (SSSR count). The zero-order valence-corrected chi connectivity index (χ0v) is 13.1. The van der Waals surface area contributed by atoms with Crippen molar-refractivity contribution in [3.63, 3.8) is 0 Å². The van der Waals surface area contributed by atoms with E-state index in [0.29, 0.717) is 12.1 Å². The average Bonchev–Trinajstić information content (AvgIpc) is 2.35. The fourth-order valence-corrected chi connectivity index (χ4v) is 2.25. The molecule has 1 aromatic carbocycles. The first-order valence-corrected chi connectivity index (χ1v) is 7.55. The van der Waals surface area contributed by atoms with Crippen LogP contribution in [0.3, 0.4) is 0 Å². The summed E-state index contributed by atoms with van der Waals surface area (Å²) in [4.78, 5) is 0. The lowest BCUT2D eigenvalue weighted by Crippen LogP contribution is -2.28. The lowest BCUT2D eigenvalue weighted by atomic mass is 10.1. The number of benzene rings is 1. The van der Waals surface area contributed by atoms with Gasteiger partial charge < -0.3 is 10.1 Å². The molecule has 0 aliphatic heterocycles. The molecule has 108 valence electrons. The molecule has 0 aromatic heterocycles. The predicted octanol–water partition coefficient (Wildman–Crippen LogP) is 4.70. The van der Waals surface area contributed by atoms with Crippen molar-refractivity contribution >= 4 is 0 Å². The molecular formula is C17H29NO. The van der Waals surface area contributed by atoms with Gasteiger partial charge in [-0.25, -0.2) is 0 Å². The second-order valence-corrected chi connectivity index (χ2v) is 5.67. The predicted molar refractivity (Wildman–Crippen MR) is 82.7 cm³/mol. The Balaban J connectivity index is 2.58. The Kier molecular flexibility index (Phi) is 6.93. The van der Waals surface area contributed by atoms with Gasteiger partial charge in [-0.2, -0.15) is 0 Å². The maximum absolute atomic E-state index is 5.75. The summed E-state index contributed by atoms with van der Waals surface area (Å²) in [6, 6.07) is 9.33. The standard InChI is InChI=1S/C17H29NO/c1-6-7-9-14(4)18-15(5)16-10-8-11-17(12-16)19-13(2)3/h8,10-15,18H,6-7,9H2,1-5H3. The zero-order chi connectivity index (χ0) is 14.3. The summed E-state index contributed by atoms with van der Waals surface area (Å²) in [6.07, 6.45) is 4.01. The number of hydrogen-bond donors (Lipinski definition) is 1. The monoisotopic (exact) mass is 263 g/mol. The van der Waals surface area contributed by atoms with Crippen LogP contribution in [-0.2, 0) is 0 Å². The molecule has 0 aliphatic carbocycles. The average molecular weight is 263 g/mol. The van der Waals surface area contributed by atoms with Gasteiger partial charge in [-0.1, -0.05) is 31.9 Å². The maximum Gasteiger partial charge on any atom is 0.120 e. The molecule has 2 unspecified atom stereocenters. The van der Waals surface area contributed by atoms with Gasteiger partial charge in [0.05, 0.1) is 6.10 Å². The summed E-state index contributed by atoms with van der Waals surface area (Å²) in [5, 5.41) is 3.66. The van der Waals surface area contributed by atoms with Crippen molar-refractivity contribution in [2.45, 2.75) is 72.1 Å². The van der Waals surface area contributed by atoms with Gasteiger partial charge in [-0.05, 0) is 51.8 Å². The van der Waals surface area contributed by atoms with E-state index in [9.17, 15) is 0 Å². The van der Waals surface area contributed by atoms with E-state index in [4.69, 9.17) is 4.74 Å². The molecular weight excluding hydrogens is 234 g/mol. The van der Waals surface area contributed by atoms with Gasteiger partial charge in [0.1, 0.15) is 5.75 Å². The lowest BCUT2D eigenvalue weighted by molar-refractivity contribution is 0.242. The molecule has 0 radical (unpaired) electrons. The van der Waals surface area contributed by atoms with Gasteiger partial charge >= 0.3 is 0 Å². The third-order valence-electron chi connectivity index (χ3n) is 3.26. The Morgan fingerprint density at radius 2 is 1.89 bits per heavy atom. The first kappa shape index (κ1) is 16.0. The topological polar surface area (TPSA) is 21.3 Å². The minimum absolute atomic E-state index is 0.224. The number of hydrogen-bond acceptors (Lipinski definition) is 2. The van der Waals surface area contributed by atoms with Crippen molar-refractivity contribution in [2.24, 2.45) is 0 Å². The van der Waals surface area contributed by atoms with Gasteiger partial charge in [0.15, 0.2) is 0 Å². The minimum Gasteiger partial charge on any atom is -0.491 e. The maximum atomic E-state index is 5.75. The van der Waals surface area contributed by atoms with E-state index < -0.39 is 0 Å². The molecule has 19 heavy (non-hydrogen) atoms. The van der Waals surface area contributed by atoms with E-state index in [-0.39, 0.29) is 6.10 Å². The molecule has 1 N–H and O–H groups in total. The largest absolute Gasteiger partial charge is 0.491 e. The van der Waals surface area contributed by atoms with E-state index in [2.05, 4.69) is 58.1 Å². The van der Waals surface area contributed by atoms with Crippen LogP contribution in [0.1, 0.15) is 65.5 Å². The van der Waals surface area contributed by atoms with Crippen LogP contribution >= 0.6 is 0 Å². The van der Waals surface area contributed by atoms with Gasteiger partial charge in [0.25, 0.3) is 0 Å². The highest BCUT2D eigenvalue weighted by molar-refractivity contribution is 5.30. The first-order valence-electron chi connectivity index (χ1n) is 7.55. The molecule has 0 saturated carbocycles. The van der Waals surface area contributed by atoms with E-state index in [1.165, 1.54) is 24.8 Å². The Morgan fingerprint density at radius 3 is 2.53 bits per heavy atom. The van der Waals surface area contributed by atoms with Gasteiger partial charge in [0.2, 0.25) is 0 Å². The molecule has 2 heteroatoms. The molecule has 0 bridgehead atoms. The van der Waals surface area contributed by atoms with Crippen LogP contribution in [0.2, 0.25) is 0 Å². The minimum atomic E-state index is 0.224. The summed E-state index contributed by atoms with van der Waals surface area (Å²) in [7, 11) is 0. The fourth-order valence-electron chi connectivity index (χ4n) is 2.25. The van der Waals surface area contributed by atoms with Crippen molar-refractivity contribution in [1.82, 2.24) is 5.32 Å². The molecule has 0 aliphatic rings. The Hall–Kier alpha value is -1.02. The quantitative estimate of drug-likeness (QED) is 0.734. The fraction of sp³-hybridized carbons (Fsp3) is 0.647. The summed E-state index contributed by atoms with van der Waals surface area (Å²) in [5.74, 6) is 0.961. The summed E-state index contributed by atoms with van der Waals surface area (Å²) in [6.45, 7) is 10.8. The SMILES string of the molecule is CCCCC(C)NC(C)c1cccc(OC(C)C)c1. The molecule has 0 heterocycles. The number of rotatable bonds is 8. The molecule has 2 atom stereocenters. The van der Waals surface area contributed by atoms with Crippen molar-refractivity contribution < 1.29 is 4.74 Å². The number of nitrogens with one attached hydrogen (secondary N) is 1. The summed E-state index contributed by atoms with van der Waals surface area (Å²) < 4.78 is 5.75. The van der Waals surface area contributed by atoms with Crippen LogP contribution in [0.5, 0.6) is 5.75 Å². The lowest BCUT2D eigenvalue weighted by Gasteiger charge is -2.21. The van der Waals surface area contributed by atoms with Gasteiger partial charge in [-0.15, -0.1) is 0 Å². The van der Waals surface area contributed by atoms with Crippen LogP contribution < -0.4 is 10.1 Å². The molecule has 0 fully saturated rings. The third kappa shape index (κ3) is 6.11. The number of unbranched alkanes of at least 4 members (excludes halogenated alkanes) is 1. The molecule has 1 aromatic rings. The van der Waals surface area contributed by atoms with Crippen molar-refractivity contribution in [2.75, 3.05) is 0 Å². The van der Waals surface area contributed by atoms with Crippen LogP contribution in [0, 0.1) is 0 Å². The van der Waals surface area contributed by atoms with Crippen LogP contribution in [0.25, 0.3) is 0 Å². The Morgan fingerprint density at radius 1 is 1.16 bits per heavy atom. The number of ether oxygens (including phenoxy) is 1. The van der Waals surface area contributed by atoms with E-state index in [1.807, 2.05) is 6.07 Å². The molecule has 0 saturated heterocycles. The van der Waals surface area contributed by atoms with E-state index in [0.717, 1.165) is 5.75 Å². The molecule has 0 spiro atoms. The molecule has 0 amide bonds. The second-order valence-electron chi connectivity index (χ2n) is 5.67.